The molecule has 190 valence electrons. The zero-order valence-corrected chi connectivity index (χ0v) is 22.4. The standard InChI is InChI=1S/C31H60O/c1-3-4-5-6-7-8-9-10-11-12-13-14-15-16-17-18-19-20-21-22-23-24-25-26-27-28-29-30-31(2)32/h23-24H,3-22,25-30H2,1-2H3/b24-23+. The second-order valence-electron chi connectivity index (χ2n) is 10.3. The predicted molar refractivity (Wildman–Crippen MR) is 146 cm³/mol. The van der Waals surface area contributed by atoms with Gasteiger partial charge in [-0.05, 0) is 39.0 Å². The van der Waals surface area contributed by atoms with Crippen molar-refractivity contribution in [3.05, 3.63) is 12.2 Å². The van der Waals surface area contributed by atoms with Crippen molar-refractivity contribution in [2.24, 2.45) is 0 Å². The van der Waals surface area contributed by atoms with Gasteiger partial charge in [0.25, 0.3) is 0 Å². The molecule has 0 aliphatic rings. The van der Waals surface area contributed by atoms with Gasteiger partial charge in [0.2, 0.25) is 0 Å². The number of hydrogen-bond acceptors (Lipinski definition) is 1. The zero-order valence-electron chi connectivity index (χ0n) is 22.4. The van der Waals surface area contributed by atoms with Gasteiger partial charge in [-0.15, -0.1) is 0 Å². The number of Topliss-reactive ketones (excluding diaryl/α,β-unsaturated/α-hetero) is 1. The molecule has 0 atom stereocenters. The van der Waals surface area contributed by atoms with Gasteiger partial charge in [-0.3, -0.25) is 0 Å². The van der Waals surface area contributed by atoms with Gasteiger partial charge in [-0.25, -0.2) is 0 Å². The third-order valence-corrected chi connectivity index (χ3v) is 6.79. The van der Waals surface area contributed by atoms with Gasteiger partial charge in [-0.1, -0.05) is 147 Å². The van der Waals surface area contributed by atoms with Gasteiger partial charge in [-0.2, -0.15) is 0 Å². The zero-order chi connectivity index (χ0) is 23.4. The fourth-order valence-corrected chi connectivity index (χ4v) is 4.57. The quantitative estimate of drug-likeness (QED) is 0.0901. The van der Waals surface area contributed by atoms with Gasteiger partial charge in [0, 0.05) is 6.42 Å². The number of allylic oxidation sites excluding steroid dienone is 2. The summed E-state index contributed by atoms with van der Waals surface area (Å²) in [6.45, 7) is 4.00. The van der Waals surface area contributed by atoms with Gasteiger partial charge < -0.3 is 4.79 Å². The molecule has 1 heteroatoms. The highest BCUT2D eigenvalue weighted by atomic mass is 16.1. The Labute approximate surface area is 203 Å². The van der Waals surface area contributed by atoms with Crippen LogP contribution in [0.2, 0.25) is 0 Å². The van der Waals surface area contributed by atoms with E-state index >= 15 is 0 Å². The molecule has 0 spiro atoms. The van der Waals surface area contributed by atoms with Crippen LogP contribution in [0.5, 0.6) is 0 Å². The minimum Gasteiger partial charge on any atom is -0.300 e. The molecule has 0 heterocycles. The predicted octanol–water partition coefficient (Wildman–Crippen LogP) is 11.3. The minimum atomic E-state index is 0.337. The summed E-state index contributed by atoms with van der Waals surface area (Å²) in [6, 6.07) is 0. The molecule has 0 N–H and O–H groups in total. The van der Waals surface area contributed by atoms with Crippen molar-refractivity contribution in [3.8, 4) is 0 Å². The molecule has 0 bridgehead atoms. The van der Waals surface area contributed by atoms with Crippen LogP contribution in [0, 0.1) is 0 Å². The molecule has 0 radical (unpaired) electrons. The second-order valence-corrected chi connectivity index (χ2v) is 10.3. The molecule has 0 rings (SSSR count). The average molecular weight is 449 g/mol. The van der Waals surface area contributed by atoms with E-state index in [0.29, 0.717) is 5.78 Å². The molecule has 0 unspecified atom stereocenters. The number of unbranched alkanes of at least 4 members (excludes halogenated alkanes) is 23. The van der Waals surface area contributed by atoms with Crippen LogP contribution in [0.3, 0.4) is 0 Å². The largest absolute Gasteiger partial charge is 0.300 e. The Balaban J connectivity index is 3.07. The smallest absolute Gasteiger partial charge is 0.129 e. The molecule has 0 aromatic carbocycles. The second kappa shape index (κ2) is 28.4. The summed E-state index contributed by atoms with van der Waals surface area (Å²) in [5.41, 5.74) is 0. The van der Waals surface area contributed by atoms with Crippen LogP contribution in [0.25, 0.3) is 0 Å². The van der Waals surface area contributed by atoms with Gasteiger partial charge in [0.05, 0.1) is 0 Å². The molecule has 0 aliphatic heterocycles. The van der Waals surface area contributed by atoms with Crippen LogP contribution in [0.15, 0.2) is 12.2 Å². The van der Waals surface area contributed by atoms with Crippen molar-refractivity contribution in [1.82, 2.24) is 0 Å². The van der Waals surface area contributed by atoms with E-state index in [2.05, 4.69) is 19.1 Å². The Morgan fingerprint density at radius 2 is 0.719 bits per heavy atom. The van der Waals surface area contributed by atoms with E-state index in [0.717, 1.165) is 12.8 Å². The van der Waals surface area contributed by atoms with Crippen LogP contribution in [0.1, 0.15) is 181 Å². The summed E-state index contributed by atoms with van der Waals surface area (Å²) in [7, 11) is 0. The number of ketones is 1. The summed E-state index contributed by atoms with van der Waals surface area (Å²) in [6.07, 6.45) is 40.5. The molecule has 0 saturated carbocycles. The number of carbonyl (C=O) groups excluding carboxylic acids is 1. The third-order valence-electron chi connectivity index (χ3n) is 6.79. The van der Waals surface area contributed by atoms with E-state index in [4.69, 9.17) is 0 Å². The molecule has 0 aromatic heterocycles. The Hall–Kier alpha value is -0.590. The Morgan fingerprint density at radius 3 is 1.03 bits per heavy atom. The molecule has 1 nitrogen and oxygen atoms in total. The van der Waals surface area contributed by atoms with E-state index in [9.17, 15) is 4.79 Å². The number of carbonyl (C=O) groups is 1. The van der Waals surface area contributed by atoms with E-state index < -0.39 is 0 Å². The summed E-state index contributed by atoms with van der Waals surface area (Å²) in [5, 5.41) is 0. The molecular formula is C31H60O. The highest BCUT2D eigenvalue weighted by Gasteiger charge is 1.96. The maximum atomic E-state index is 10.9. The SMILES string of the molecule is CCCCCCCCCCCCCCCCCCCCC/C=C/CCCCCCC(C)=O. The lowest BCUT2D eigenvalue weighted by molar-refractivity contribution is -0.117. The fourth-order valence-electron chi connectivity index (χ4n) is 4.57. The first-order chi connectivity index (χ1) is 15.8. The Kier molecular flexibility index (Phi) is 27.9. The third kappa shape index (κ3) is 29.4. The monoisotopic (exact) mass is 448 g/mol. The first-order valence-electron chi connectivity index (χ1n) is 14.9. The summed E-state index contributed by atoms with van der Waals surface area (Å²) in [4.78, 5) is 10.9. The number of rotatable bonds is 27. The van der Waals surface area contributed by atoms with E-state index in [-0.39, 0.29) is 0 Å². The van der Waals surface area contributed by atoms with Crippen molar-refractivity contribution in [2.45, 2.75) is 181 Å². The topological polar surface area (TPSA) is 17.1 Å². The maximum absolute atomic E-state index is 10.9. The van der Waals surface area contributed by atoms with Crippen molar-refractivity contribution in [3.63, 3.8) is 0 Å². The summed E-state index contributed by atoms with van der Waals surface area (Å²) >= 11 is 0. The van der Waals surface area contributed by atoms with Crippen LogP contribution in [0.4, 0.5) is 0 Å². The average Bonchev–Trinajstić information content (AvgIpc) is 2.78. The van der Waals surface area contributed by atoms with Crippen LogP contribution in [-0.2, 0) is 4.79 Å². The molecule has 0 saturated heterocycles. The number of hydrogen-bond donors (Lipinski definition) is 0. The van der Waals surface area contributed by atoms with E-state index in [1.165, 1.54) is 154 Å². The van der Waals surface area contributed by atoms with Crippen LogP contribution < -0.4 is 0 Å². The van der Waals surface area contributed by atoms with Gasteiger partial charge in [0.15, 0.2) is 0 Å². The lowest BCUT2D eigenvalue weighted by Crippen LogP contribution is -1.88. The molecular weight excluding hydrogens is 388 g/mol. The molecule has 0 fully saturated rings. The minimum absolute atomic E-state index is 0.337. The van der Waals surface area contributed by atoms with Crippen molar-refractivity contribution >= 4 is 5.78 Å². The molecule has 0 aliphatic carbocycles. The highest BCUT2D eigenvalue weighted by Crippen LogP contribution is 2.15. The lowest BCUT2D eigenvalue weighted by atomic mass is 10.0. The van der Waals surface area contributed by atoms with Gasteiger partial charge in [0.1, 0.15) is 5.78 Å². The molecule has 0 amide bonds. The first-order valence-corrected chi connectivity index (χ1v) is 14.9. The van der Waals surface area contributed by atoms with E-state index in [1.807, 2.05) is 0 Å². The fraction of sp³-hybridized carbons (Fsp3) is 0.903. The Bertz CT molecular complexity index is 384. The van der Waals surface area contributed by atoms with Gasteiger partial charge >= 0.3 is 0 Å². The summed E-state index contributed by atoms with van der Waals surface area (Å²) < 4.78 is 0. The van der Waals surface area contributed by atoms with Crippen molar-refractivity contribution in [1.29, 1.82) is 0 Å². The first kappa shape index (κ1) is 31.4. The van der Waals surface area contributed by atoms with Crippen LogP contribution >= 0.6 is 0 Å². The normalized spacial score (nSPS) is 11.6. The van der Waals surface area contributed by atoms with Crippen LogP contribution in [-0.4, -0.2) is 5.78 Å². The summed E-state index contributed by atoms with van der Waals surface area (Å²) in [5.74, 6) is 0.337. The maximum Gasteiger partial charge on any atom is 0.129 e. The van der Waals surface area contributed by atoms with Crippen molar-refractivity contribution in [2.75, 3.05) is 0 Å². The lowest BCUT2D eigenvalue weighted by Gasteiger charge is -2.04. The van der Waals surface area contributed by atoms with Crippen molar-refractivity contribution < 1.29 is 4.79 Å². The van der Waals surface area contributed by atoms with E-state index in [1.54, 1.807) is 6.92 Å². The molecule has 0 aromatic rings. The Morgan fingerprint density at radius 1 is 0.438 bits per heavy atom. The molecule has 32 heavy (non-hydrogen) atoms. The highest BCUT2D eigenvalue weighted by molar-refractivity contribution is 5.75.